The molecule has 1 aliphatic heterocycles. The van der Waals surface area contributed by atoms with E-state index in [1.54, 1.807) is 0 Å². The van der Waals surface area contributed by atoms with Gasteiger partial charge in [0.15, 0.2) is 0 Å². The van der Waals surface area contributed by atoms with E-state index < -0.39 is 0 Å². The Labute approximate surface area is 99.4 Å². The largest absolute Gasteiger partial charge is 0.371 e. The normalized spacial score (nSPS) is 18.9. The van der Waals surface area contributed by atoms with Crippen molar-refractivity contribution in [3.63, 3.8) is 0 Å². The highest BCUT2D eigenvalue weighted by atomic mass is 16.6. The minimum absolute atomic E-state index is 0.411. The fourth-order valence-electron chi connectivity index (χ4n) is 2.58. The lowest BCUT2D eigenvalue weighted by Crippen LogP contribution is -2.03. The highest BCUT2D eigenvalue weighted by molar-refractivity contribution is 6.07. The molecule has 0 aliphatic carbocycles. The molecule has 0 unspecified atom stereocenters. The minimum atomic E-state index is 0.411. The molecule has 0 N–H and O–H groups in total. The Morgan fingerprint density at radius 2 is 1.47 bits per heavy atom. The number of nitrogens with zero attached hydrogens (tertiary/aromatic N) is 1. The molecule has 0 amide bonds. The van der Waals surface area contributed by atoms with Gasteiger partial charge < -0.3 is 9.30 Å². The van der Waals surface area contributed by atoms with Gasteiger partial charge in [0.2, 0.25) is 0 Å². The van der Waals surface area contributed by atoms with E-state index >= 15 is 0 Å². The number of epoxide rings is 1. The summed E-state index contributed by atoms with van der Waals surface area (Å²) in [4.78, 5) is 0. The molecule has 4 rings (SSSR count). The minimum Gasteiger partial charge on any atom is -0.371 e. The maximum atomic E-state index is 5.36. The van der Waals surface area contributed by atoms with Crippen molar-refractivity contribution in [3.05, 3.63) is 48.5 Å². The average molecular weight is 223 g/mol. The second kappa shape index (κ2) is 3.34. The van der Waals surface area contributed by atoms with Crippen LogP contribution in [0.2, 0.25) is 0 Å². The SMILES string of the molecule is c1ccc2c(c1)c1ccccc1n2C[C@@H]1CO1. The van der Waals surface area contributed by atoms with Gasteiger partial charge in [-0.25, -0.2) is 0 Å². The van der Waals surface area contributed by atoms with E-state index in [1.807, 2.05) is 0 Å². The Bertz CT molecular complexity index is 641. The quantitative estimate of drug-likeness (QED) is 0.610. The van der Waals surface area contributed by atoms with Crippen LogP contribution in [-0.4, -0.2) is 17.3 Å². The second-order valence-corrected chi connectivity index (χ2v) is 4.60. The third-order valence-corrected chi connectivity index (χ3v) is 3.47. The Morgan fingerprint density at radius 1 is 0.941 bits per heavy atom. The number of hydrogen-bond donors (Lipinski definition) is 0. The van der Waals surface area contributed by atoms with E-state index in [-0.39, 0.29) is 0 Å². The zero-order valence-electron chi connectivity index (χ0n) is 9.47. The molecule has 84 valence electrons. The number of para-hydroxylation sites is 2. The van der Waals surface area contributed by atoms with Crippen LogP contribution in [0.4, 0.5) is 0 Å². The maximum absolute atomic E-state index is 5.36. The van der Waals surface area contributed by atoms with Crippen molar-refractivity contribution in [2.24, 2.45) is 0 Å². The van der Waals surface area contributed by atoms with Gasteiger partial charge in [0, 0.05) is 21.8 Å². The summed E-state index contributed by atoms with van der Waals surface area (Å²) in [6, 6.07) is 17.2. The van der Waals surface area contributed by atoms with Crippen molar-refractivity contribution >= 4 is 21.8 Å². The van der Waals surface area contributed by atoms with Crippen molar-refractivity contribution < 1.29 is 4.74 Å². The highest BCUT2D eigenvalue weighted by Gasteiger charge is 2.24. The van der Waals surface area contributed by atoms with Gasteiger partial charge in [-0.2, -0.15) is 0 Å². The maximum Gasteiger partial charge on any atom is 0.0988 e. The first kappa shape index (κ1) is 9.25. The molecule has 1 saturated heterocycles. The summed E-state index contributed by atoms with van der Waals surface area (Å²) in [6.07, 6.45) is 0.411. The Balaban J connectivity index is 2.10. The first-order valence-corrected chi connectivity index (χ1v) is 6.01. The average Bonchev–Trinajstić information content (AvgIpc) is 3.15. The lowest BCUT2D eigenvalue weighted by Gasteiger charge is -2.04. The molecule has 1 atom stereocenters. The Kier molecular flexibility index (Phi) is 1.82. The molecule has 3 aromatic rings. The molecule has 2 aromatic carbocycles. The van der Waals surface area contributed by atoms with Gasteiger partial charge in [-0.05, 0) is 12.1 Å². The van der Waals surface area contributed by atoms with Crippen LogP contribution in [0.15, 0.2) is 48.5 Å². The van der Waals surface area contributed by atoms with Crippen molar-refractivity contribution in [2.45, 2.75) is 12.6 Å². The smallest absolute Gasteiger partial charge is 0.0988 e. The monoisotopic (exact) mass is 223 g/mol. The summed E-state index contributed by atoms with van der Waals surface area (Å²) in [7, 11) is 0. The second-order valence-electron chi connectivity index (χ2n) is 4.60. The molecule has 0 saturated carbocycles. The van der Waals surface area contributed by atoms with Crippen LogP contribution in [0.25, 0.3) is 21.8 Å². The van der Waals surface area contributed by atoms with Crippen LogP contribution >= 0.6 is 0 Å². The topological polar surface area (TPSA) is 17.5 Å². The van der Waals surface area contributed by atoms with Gasteiger partial charge in [-0.15, -0.1) is 0 Å². The Hall–Kier alpha value is -1.80. The first-order chi connectivity index (χ1) is 8.43. The van der Waals surface area contributed by atoms with E-state index in [0.29, 0.717) is 6.10 Å². The van der Waals surface area contributed by atoms with Gasteiger partial charge in [0.25, 0.3) is 0 Å². The number of aromatic nitrogens is 1. The van der Waals surface area contributed by atoms with Crippen molar-refractivity contribution in [1.82, 2.24) is 4.57 Å². The van der Waals surface area contributed by atoms with Crippen LogP contribution < -0.4 is 0 Å². The molecule has 1 aliphatic rings. The zero-order valence-corrected chi connectivity index (χ0v) is 9.47. The number of fused-ring (bicyclic) bond motifs is 3. The van der Waals surface area contributed by atoms with Crippen LogP contribution in [0.5, 0.6) is 0 Å². The third kappa shape index (κ3) is 1.38. The molecule has 2 heteroatoms. The van der Waals surface area contributed by atoms with Crippen molar-refractivity contribution in [2.75, 3.05) is 6.61 Å². The molecular weight excluding hydrogens is 210 g/mol. The van der Waals surface area contributed by atoms with E-state index in [4.69, 9.17) is 4.74 Å². The van der Waals surface area contributed by atoms with E-state index in [1.165, 1.54) is 21.8 Å². The fraction of sp³-hybridized carbons (Fsp3) is 0.200. The molecule has 1 aromatic heterocycles. The summed E-state index contributed by atoms with van der Waals surface area (Å²) in [5.41, 5.74) is 2.62. The summed E-state index contributed by atoms with van der Waals surface area (Å²) in [5.74, 6) is 0. The number of hydrogen-bond acceptors (Lipinski definition) is 1. The standard InChI is InChI=1S/C15H13NO/c1-3-7-14-12(5-1)13-6-2-4-8-15(13)16(14)9-11-10-17-11/h1-8,11H,9-10H2/t11-/m1/s1. The number of benzene rings is 2. The molecule has 1 fully saturated rings. The number of ether oxygens (including phenoxy) is 1. The predicted octanol–water partition coefficient (Wildman–Crippen LogP) is 3.19. The van der Waals surface area contributed by atoms with Crippen LogP contribution in [-0.2, 0) is 11.3 Å². The van der Waals surface area contributed by atoms with Gasteiger partial charge in [0.1, 0.15) is 0 Å². The van der Waals surface area contributed by atoms with Crippen LogP contribution in [0.1, 0.15) is 0 Å². The lowest BCUT2D eigenvalue weighted by atomic mass is 10.2. The Morgan fingerprint density at radius 3 is 2.00 bits per heavy atom. The molecule has 17 heavy (non-hydrogen) atoms. The number of rotatable bonds is 2. The van der Waals surface area contributed by atoms with Gasteiger partial charge in [-0.3, -0.25) is 0 Å². The molecule has 2 nitrogen and oxygen atoms in total. The molecule has 0 spiro atoms. The van der Waals surface area contributed by atoms with Gasteiger partial charge in [-0.1, -0.05) is 36.4 Å². The summed E-state index contributed by atoms with van der Waals surface area (Å²) >= 11 is 0. The van der Waals surface area contributed by atoms with E-state index in [2.05, 4.69) is 53.1 Å². The van der Waals surface area contributed by atoms with Gasteiger partial charge in [0.05, 0.1) is 19.3 Å². The summed E-state index contributed by atoms with van der Waals surface area (Å²) in [5, 5.41) is 2.67. The molecule has 0 bridgehead atoms. The summed E-state index contributed by atoms with van der Waals surface area (Å²) < 4.78 is 7.74. The van der Waals surface area contributed by atoms with Crippen molar-refractivity contribution in [3.8, 4) is 0 Å². The highest BCUT2D eigenvalue weighted by Crippen LogP contribution is 2.30. The molecule has 0 radical (unpaired) electrons. The summed E-state index contributed by atoms with van der Waals surface area (Å²) in [6.45, 7) is 1.87. The zero-order chi connectivity index (χ0) is 11.2. The first-order valence-electron chi connectivity index (χ1n) is 6.01. The predicted molar refractivity (Wildman–Crippen MR) is 69.2 cm³/mol. The molecule has 2 heterocycles. The van der Waals surface area contributed by atoms with E-state index in [0.717, 1.165) is 13.2 Å². The lowest BCUT2D eigenvalue weighted by molar-refractivity contribution is 0.387. The van der Waals surface area contributed by atoms with Crippen molar-refractivity contribution in [1.29, 1.82) is 0 Å². The third-order valence-electron chi connectivity index (χ3n) is 3.47. The van der Waals surface area contributed by atoms with Crippen LogP contribution in [0, 0.1) is 0 Å². The van der Waals surface area contributed by atoms with Gasteiger partial charge >= 0.3 is 0 Å². The molecular formula is C15H13NO. The fourth-order valence-corrected chi connectivity index (χ4v) is 2.58. The van der Waals surface area contributed by atoms with E-state index in [9.17, 15) is 0 Å². The van der Waals surface area contributed by atoms with Crippen LogP contribution in [0.3, 0.4) is 0 Å².